The fourth-order valence-electron chi connectivity index (χ4n) is 1.49. The van der Waals surface area contributed by atoms with E-state index >= 15 is 0 Å². The van der Waals surface area contributed by atoms with Gasteiger partial charge in [0.1, 0.15) is 5.82 Å². The Hall–Kier alpha value is -0.610. The number of ether oxygens (including phenoxy) is 1. The molecule has 1 aromatic carbocycles. The minimum atomic E-state index is -0.186. The van der Waals surface area contributed by atoms with Crippen LogP contribution in [0.3, 0.4) is 0 Å². The summed E-state index contributed by atoms with van der Waals surface area (Å²) in [5.41, 5.74) is 1.56. The average Bonchev–Trinajstić information content (AvgIpc) is 2.28. The molecule has 17 heavy (non-hydrogen) atoms. The zero-order valence-electron chi connectivity index (χ0n) is 10.5. The van der Waals surface area contributed by atoms with Gasteiger partial charge in [0.05, 0.1) is 18.4 Å². The maximum atomic E-state index is 13.8. The molecule has 0 amide bonds. The highest BCUT2D eigenvalue weighted by Crippen LogP contribution is 2.20. The van der Waals surface area contributed by atoms with Crippen LogP contribution in [0.4, 0.5) is 10.1 Å². The second-order valence-corrected chi connectivity index (χ2v) is 4.82. The summed E-state index contributed by atoms with van der Waals surface area (Å²) in [7, 11) is 1.87. The second kappa shape index (κ2) is 6.97. The summed E-state index contributed by atoms with van der Waals surface area (Å²) < 4.78 is 19.2. The smallest absolute Gasteiger partial charge is 0.146 e. The molecule has 0 spiro atoms. The minimum absolute atomic E-state index is 0.186. The number of likely N-dealkylation sites (N-methyl/N-ethyl adjacent to an activating group) is 1. The number of nitrogens with zero attached hydrogens (tertiary/aromatic N) is 1. The van der Waals surface area contributed by atoms with E-state index in [9.17, 15) is 4.39 Å². The van der Waals surface area contributed by atoms with E-state index in [-0.39, 0.29) is 11.9 Å². The number of hydrogen-bond acceptors (Lipinski definition) is 2. The number of alkyl halides is 1. The number of hydrogen-bond donors (Lipinski definition) is 0. The first-order chi connectivity index (χ1) is 8.04. The molecule has 0 aliphatic heterocycles. The third-order valence-electron chi connectivity index (χ3n) is 2.46. The van der Waals surface area contributed by atoms with E-state index in [4.69, 9.17) is 4.74 Å². The Bertz CT molecular complexity index is 357. The molecule has 0 aromatic heterocycles. The number of rotatable bonds is 6. The van der Waals surface area contributed by atoms with E-state index < -0.39 is 0 Å². The van der Waals surface area contributed by atoms with Crippen LogP contribution in [0.15, 0.2) is 18.2 Å². The molecule has 1 rings (SSSR count). The van der Waals surface area contributed by atoms with Crippen molar-refractivity contribution in [1.29, 1.82) is 0 Å². The van der Waals surface area contributed by atoms with E-state index in [1.807, 2.05) is 31.9 Å². The van der Waals surface area contributed by atoms with E-state index in [1.165, 1.54) is 0 Å². The number of benzene rings is 1. The second-order valence-electron chi connectivity index (χ2n) is 4.26. The Kier molecular flexibility index (Phi) is 5.92. The van der Waals surface area contributed by atoms with Crippen LogP contribution in [0, 0.1) is 5.82 Å². The summed E-state index contributed by atoms with van der Waals surface area (Å²) >= 11 is 3.31. The van der Waals surface area contributed by atoms with E-state index in [0.717, 1.165) is 5.56 Å². The molecule has 0 atom stereocenters. The van der Waals surface area contributed by atoms with Crippen LogP contribution in [-0.2, 0) is 10.1 Å². The molecule has 4 heteroatoms. The lowest BCUT2D eigenvalue weighted by Gasteiger charge is -2.21. The Labute approximate surface area is 111 Å². The predicted octanol–water partition coefficient (Wildman–Crippen LogP) is 3.58. The average molecular weight is 304 g/mol. The lowest BCUT2D eigenvalue weighted by atomic mass is 10.2. The Balaban J connectivity index is 2.59. The van der Waals surface area contributed by atoms with Gasteiger partial charge in [-0.15, -0.1) is 0 Å². The largest absolute Gasteiger partial charge is 0.377 e. The number of halogens is 2. The van der Waals surface area contributed by atoms with Crippen molar-refractivity contribution in [2.75, 3.05) is 25.1 Å². The topological polar surface area (TPSA) is 12.5 Å². The maximum Gasteiger partial charge on any atom is 0.146 e. The van der Waals surface area contributed by atoms with Crippen LogP contribution >= 0.6 is 15.9 Å². The molecule has 0 radical (unpaired) electrons. The number of anilines is 1. The van der Waals surface area contributed by atoms with E-state index in [0.29, 0.717) is 24.2 Å². The van der Waals surface area contributed by atoms with Crippen LogP contribution in [-0.4, -0.2) is 26.3 Å². The van der Waals surface area contributed by atoms with Gasteiger partial charge in [0.25, 0.3) is 0 Å². The molecule has 0 fully saturated rings. The first-order valence-electron chi connectivity index (χ1n) is 5.71. The van der Waals surface area contributed by atoms with Gasteiger partial charge < -0.3 is 9.64 Å². The van der Waals surface area contributed by atoms with E-state index in [1.54, 1.807) is 12.1 Å². The van der Waals surface area contributed by atoms with Crippen molar-refractivity contribution in [3.8, 4) is 0 Å². The molecule has 0 unspecified atom stereocenters. The third kappa shape index (κ3) is 4.64. The first kappa shape index (κ1) is 14.5. The SMILES string of the molecule is CC(C)OCCN(C)c1ccc(CBr)cc1F. The van der Waals surface area contributed by atoms with Gasteiger partial charge in [-0.2, -0.15) is 0 Å². The maximum absolute atomic E-state index is 13.8. The molecule has 96 valence electrons. The summed E-state index contributed by atoms with van der Waals surface area (Å²) in [6.45, 7) is 5.27. The summed E-state index contributed by atoms with van der Waals surface area (Å²) in [5.74, 6) is -0.186. The summed E-state index contributed by atoms with van der Waals surface area (Å²) in [6, 6.07) is 5.29. The van der Waals surface area contributed by atoms with Gasteiger partial charge in [-0.25, -0.2) is 4.39 Å². The Morgan fingerprint density at radius 3 is 2.65 bits per heavy atom. The van der Waals surface area contributed by atoms with Crippen LogP contribution < -0.4 is 4.90 Å². The summed E-state index contributed by atoms with van der Waals surface area (Å²) in [6.07, 6.45) is 0.212. The van der Waals surface area contributed by atoms with Crippen molar-refractivity contribution in [3.05, 3.63) is 29.6 Å². The van der Waals surface area contributed by atoms with Crippen molar-refractivity contribution in [1.82, 2.24) is 0 Å². The zero-order valence-corrected chi connectivity index (χ0v) is 12.1. The van der Waals surface area contributed by atoms with E-state index in [2.05, 4.69) is 15.9 Å². The van der Waals surface area contributed by atoms with Crippen molar-refractivity contribution in [3.63, 3.8) is 0 Å². The molecule has 2 nitrogen and oxygen atoms in total. The third-order valence-corrected chi connectivity index (χ3v) is 3.10. The van der Waals surface area contributed by atoms with Crippen LogP contribution in [0.1, 0.15) is 19.4 Å². The van der Waals surface area contributed by atoms with Crippen LogP contribution in [0.25, 0.3) is 0 Å². The van der Waals surface area contributed by atoms with Crippen LogP contribution in [0.2, 0.25) is 0 Å². The standard InChI is InChI=1S/C13H19BrFNO/c1-10(2)17-7-6-16(3)13-5-4-11(9-14)8-12(13)15/h4-5,8,10H,6-7,9H2,1-3H3. The van der Waals surface area contributed by atoms with Gasteiger partial charge in [0, 0.05) is 18.9 Å². The molecular formula is C13H19BrFNO. The fourth-order valence-corrected chi connectivity index (χ4v) is 1.84. The highest BCUT2D eigenvalue weighted by atomic mass is 79.9. The van der Waals surface area contributed by atoms with Gasteiger partial charge in [-0.05, 0) is 31.5 Å². The van der Waals surface area contributed by atoms with Crippen molar-refractivity contribution < 1.29 is 9.13 Å². The first-order valence-corrected chi connectivity index (χ1v) is 6.84. The predicted molar refractivity (Wildman–Crippen MR) is 73.4 cm³/mol. The molecule has 0 saturated heterocycles. The Morgan fingerprint density at radius 1 is 1.41 bits per heavy atom. The lowest BCUT2D eigenvalue weighted by molar-refractivity contribution is 0.0845. The molecule has 1 aromatic rings. The molecule has 0 N–H and O–H groups in total. The zero-order chi connectivity index (χ0) is 12.8. The van der Waals surface area contributed by atoms with Gasteiger partial charge >= 0.3 is 0 Å². The quantitative estimate of drug-likeness (QED) is 0.745. The highest BCUT2D eigenvalue weighted by Gasteiger charge is 2.08. The highest BCUT2D eigenvalue weighted by molar-refractivity contribution is 9.08. The van der Waals surface area contributed by atoms with Gasteiger partial charge in [-0.1, -0.05) is 22.0 Å². The van der Waals surface area contributed by atoms with Gasteiger partial charge in [-0.3, -0.25) is 0 Å². The fraction of sp³-hybridized carbons (Fsp3) is 0.538. The van der Waals surface area contributed by atoms with Crippen molar-refractivity contribution in [2.45, 2.75) is 25.3 Å². The lowest BCUT2D eigenvalue weighted by Crippen LogP contribution is -2.24. The molecule has 0 saturated carbocycles. The van der Waals surface area contributed by atoms with Gasteiger partial charge in [0.15, 0.2) is 0 Å². The van der Waals surface area contributed by atoms with Crippen molar-refractivity contribution in [2.24, 2.45) is 0 Å². The van der Waals surface area contributed by atoms with Crippen LogP contribution in [0.5, 0.6) is 0 Å². The summed E-state index contributed by atoms with van der Waals surface area (Å²) in [4.78, 5) is 1.87. The summed E-state index contributed by atoms with van der Waals surface area (Å²) in [5, 5.41) is 0.671. The molecular weight excluding hydrogens is 285 g/mol. The molecule has 0 aliphatic rings. The normalized spacial score (nSPS) is 10.9. The van der Waals surface area contributed by atoms with Crippen molar-refractivity contribution >= 4 is 21.6 Å². The molecule has 0 aliphatic carbocycles. The molecule has 0 heterocycles. The minimum Gasteiger partial charge on any atom is -0.377 e. The monoisotopic (exact) mass is 303 g/mol. The molecule has 0 bridgehead atoms. The van der Waals surface area contributed by atoms with Gasteiger partial charge in [0.2, 0.25) is 0 Å². The Morgan fingerprint density at radius 2 is 2.12 bits per heavy atom.